The van der Waals surface area contributed by atoms with Crippen LogP contribution in [-0.2, 0) is 14.8 Å². The number of aliphatic hydroxyl groups is 1. The van der Waals surface area contributed by atoms with Crippen LogP contribution in [0.4, 0.5) is 24.5 Å². The normalized spacial score (nSPS) is 20.5. The van der Waals surface area contributed by atoms with E-state index in [4.69, 9.17) is 5.73 Å². The molecule has 2 rings (SSSR count). The van der Waals surface area contributed by atoms with E-state index in [9.17, 15) is 36.6 Å². The summed E-state index contributed by atoms with van der Waals surface area (Å²) >= 11 is 0. The van der Waals surface area contributed by atoms with E-state index in [0.717, 1.165) is 16.4 Å². The van der Waals surface area contributed by atoms with E-state index < -0.39 is 39.5 Å². The van der Waals surface area contributed by atoms with Gasteiger partial charge in [-0.05, 0) is 31.5 Å². The summed E-state index contributed by atoms with van der Waals surface area (Å²) in [5.41, 5.74) is 1.52. The highest BCUT2D eigenvalue weighted by atomic mass is 32.2. The second-order valence-electron chi connectivity index (χ2n) is 6.06. The van der Waals surface area contributed by atoms with Gasteiger partial charge in [0.05, 0.1) is 17.1 Å². The number of nitrogens with zero attached hydrogens (tertiary/aromatic N) is 1. The van der Waals surface area contributed by atoms with Crippen molar-refractivity contribution in [3.63, 3.8) is 0 Å². The first kappa shape index (κ1) is 20.3. The van der Waals surface area contributed by atoms with Crippen LogP contribution in [0.1, 0.15) is 13.3 Å². The van der Waals surface area contributed by atoms with E-state index in [2.05, 4.69) is 0 Å². The van der Waals surface area contributed by atoms with Crippen molar-refractivity contribution in [2.75, 3.05) is 21.9 Å². The molecule has 0 aliphatic carbocycles. The zero-order chi connectivity index (χ0) is 19.9. The Balaban J connectivity index is 2.27. The van der Waals surface area contributed by atoms with Gasteiger partial charge in [0.15, 0.2) is 5.60 Å². The maximum Gasteiger partial charge on any atom is 0.418 e. The van der Waals surface area contributed by atoms with Crippen molar-refractivity contribution in [1.29, 1.82) is 0 Å². The standard InChI is InChI=1S/C14H18F3N3O5S/c1-13(23,14(15,16)17)11(18)12(22)19-9-7-8(3-4-10(9)21)20-5-2-6-26(20,24)25/h3-4,7,11,21,23H,2,5-6,18H2,1H3,(H,19,22). The molecular formula is C14H18F3N3O5S. The predicted octanol–water partition coefficient (Wildman–Crippen LogP) is 0.511. The minimum Gasteiger partial charge on any atom is -0.506 e. The Labute approximate surface area is 147 Å². The molecule has 1 aromatic rings. The molecule has 26 heavy (non-hydrogen) atoms. The summed E-state index contributed by atoms with van der Waals surface area (Å²) < 4.78 is 63.3. The zero-order valence-electron chi connectivity index (χ0n) is 13.6. The Hall–Kier alpha value is -2.05. The summed E-state index contributed by atoms with van der Waals surface area (Å²) in [7, 11) is -3.53. The van der Waals surface area contributed by atoms with Crippen LogP contribution in [0, 0.1) is 0 Å². The summed E-state index contributed by atoms with van der Waals surface area (Å²) in [6, 6.07) is 1.11. The smallest absolute Gasteiger partial charge is 0.418 e. The average Bonchev–Trinajstić information content (AvgIpc) is 2.86. The third-order valence-electron chi connectivity index (χ3n) is 4.09. The Morgan fingerprint density at radius 3 is 2.50 bits per heavy atom. The van der Waals surface area contributed by atoms with E-state index in [0.29, 0.717) is 13.3 Å². The molecule has 0 spiro atoms. The van der Waals surface area contributed by atoms with Crippen LogP contribution in [0.2, 0.25) is 0 Å². The fourth-order valence-electron chi connectivity index (χ4n) is 2.35. The maximum absolute atomic E-state index is 12.8. The number of sulfonamides is 1. The van der Waals surface area contributed by atoms with Gasteiger partial charge in [0.1, 0.15) is 11.8 Å². The number of benzene rings is 1. The minimum absolute atomic E-state index is 0.0606. The largest absolute Gasteiger partial charge is 0.506 e. The quantitative estimate of drug-likeness (QED) is 0.547. The first-order valence-electron chi connectivity index (χ1n) is 7.46. The van der Waals surface area contributed by atoms with Gasteiger partial charge in [0.2, 0.25) is 15.9 Å². The average molecular weight is 397 g/mol. The molecule has 0 saturated carbocycles. The molecule has 2 unspecified atom stereocenters. The fraction of sp³-hybridized carbons (Fsp3) is 0.500. The molecule has 5 N–H and O–H groups in total. The summed E-state index contributed by atoms with van der Waals surface area (Å²) in [6.45, 7) is 0.549. The molecule has 1 aromatic carbocycles. The van der Waals surface area contributed by atoms with E-state index in [-0.39, 0.29) is 23.7 Å². The Morgan fingerprint density at radius 2 is 2.00 bits per heavy atom. The third kappa shape index (κ3) is 3.71. The van der Waals surface area contributed by atoms with Gasteiger partial charge in [-0.15, -0.1) is 0 Å². The third-order valence-corrected chi connectivity index (χ3v) is 5.96. The number of carbonyl (C=O) groups excluding carboxylic acids is 1. The number of aromatic hydroxyl groups is 1. The van der Waals surface area contributed by atoms with Crippen molar-refractivity contribution in [3.8, 4) is 5.75 Å². The highest BCUT2D eigenvalue weighted by Crippen LogP contribution is 2.34. The topological polar surface area (TPSA) is 133 Å². The van der Waals surface area contributed by atoms with Crippen LogP contribution in [-0.4, -0.2) is 54.7 Å². The molecule has 12 heteroatoms. The maximum atomic E-state index is 12.8. The predicted molar refractivity (Wildman–Crippen MR) is 87.1 cm³/mol. The molecule has 1 aliphatic rings. The highest BCUT2D eigenvalue weighted by molar-refractivity contribution is 7.93. The van der Waals surface area contributed by atoms with Gasteiger partial charge in [0.25, 0.3) is 0 Å². The van der Waals surface area contributed by atoms with Crippen LogP contribution >= 0.6 is 0 Å². The number of nitrogens with one attached hydrogen (secondary N) is 1. The molecule has 0 bridgehead atoms. The van der Waals surface area contributed by atoms with Gasteiger partial charge >= 0.3 is 6.18 Å². The van der Waals surface area contributed by atoms with Gasteiger partial charge < -0.3 is 21.3 Å². The minimum atomic E-state index is -5.16. The Kier molecular flexibility index (Phi) is 5.14. The fourth-order valence-corrected chi connectivity index (χ4v) is 3.91. The molecule has 1 aliphatic heterocycles. The monoisotopic (exact) mass is 397 g/mol. The molecule has 1 saturated heterocycles. The van der Waals surface area contributed by atoms with Crippen molar-refractivity contribution < 1.29 is 36.6 Å². The number of amides is 1. The second kappa shape index (κ2) is 6.59. The first-order chi connectivity index (χ1) is 11.8. The summed E-state index contributed by atoms with van der Waals surface area (Å²) in [5, 5.41) is 21.2. The molecule has 146 valence electrons. The van der Waals surface area contributed by atoms with Crippen molar-refractivity contribution in [3.05, 3.63) is 18.2 Å². The van der Waals surface area contributed by atoms with Crippen LogP contribution < -0.4 is 15.4 Å². The summed E-state index contributed by atoms with van der Waals surface area (Å²) in [4.78, 5) is 12.0. The lowest BCUT2D eigenvalue weighted by atomic mass is 9.95. The first-order valence-corrected chi connectivity index (χ1v) is 9.07. The Bertz CT molecular complexity index is 811. The molecule has 8 nitrogen and oxygen atoms in total. The highest BCUT2D eigenvalue weighted by Gasteiger charge is 2.56. The van der Waals surface area contributed by atoms with Gasteiger partial charge in [-0.3, -0.25) is 9.10 Å². The lowest BCUT2D eigenvalue weighted by molar-refractivity contribution is -0.257. The van der Waals surface area contributed by atoms with Crippen LogP contribution in [0.3, 0.4) is 0 Å². The van der Waals surface area contributed by atoms with E-state index >= 15 is 0 Å². The van der Waals surface area contributed by atoms with Crippen LogP contribution in [0.25, 0.3) is 0 Å². The second-order valence-corrected chi connectivity index (χ2v) is 8.07. The number of anilines is 2. The zero-order valence-corrected chi connectivity index (χ0v) is 14.4. The number of halogens is 3. The lowest BCUT2D eigenvalue weighted by Gasteiger charge is -2.31. The number of hydrogen-bond donors (Lipinski definition) is 4. The van der Waals surface area contributed by atoms with E-state index in [1.165, 1.54) is 6.07 Å². The molecule has 0 aromatic heterocycles. The van der Waals surface area contributed by atoms with Gasteiger partial charge in [-0.25, -0.2) is 8.42 Å². The number of carbonyl (C=O) groups is 1. The molecule has 1 amide bonds. The number of phenolic OH excluding ortho intramolecular Hbond substituents is 1. The van der Waals surface area contributed by atoms with Crippen molar-refractivity contribution >= 4 is 27.3 Å². The van der Waals surface area contributed by atoms with Gasteiger partial charge in [-0.2, -0.15) is 13.2 Å². The number of hydrogen-bond acceptors (Lipinski definition) is 6. The number of alkyl halides is 3. The van der Waals surface area contributed by atoms with Gasteiger partial charge in [-0.1, -0.05) is 0 Å². The Morgan fingerprint density at radius 1 is 1.38 bits per heavy atom. The summed E-state index contributed by atoms with van der Waals surface area (Å²) in [5.74, 6) is -1.96. The lowest BCUT2D eigenvalue weighted by Crippen LogP contribution is -2.60. The van der Waals surface area contributed by atoms with Crippen molar-refractivity contribution in [1.82, 2.24) is 0 Å². The van der Waals surface area contributed by atoms with E-state index in [1.807, 2.05) is 5.32 Å². The molecular weight excluding hydrogens is 379 g/mol. The molecule has 1 heterocycles. The molecule has 0 radical (unpaired) electrons. The van der Waals surface area contributed by atoms with Crippen molar-refractivity contribution in [2.45, 2.75) is 31.2 Å². The summed E-state index contributed by atoms with van der Waals surface area (Å²) in [6.07, 6.45) is -4.76. The SMILES string of the molecule is CC(O)(C(N)C(=O)Nc1cc(N2CCCS2(=O)=O)ccc1O)C(F)(F)F. The van der Waals surface area contributed by atoms with Crippen LogP contribution in [0.15, 0.2) is 18.2 Å². The van der Waals surface area contributed by atoms with Gasteiger partial charge in [0, 0.05) is 6.54 Å². The van der Waals surface area contributed by atoms with E-state index in [1.54, 1.807) is 0 Å². The van der Waals surface area contributed by atoms with Crippen molar-refractivity contribution in [2.24, 2.45) is 5.73 Å². The number of nitrogens with two attached hydrogens (primary N) is 1. The number of rotatable bonds is 4. The van der Waals surface area contributed by atoms with Crippen LogP contribution in [0.5, 0.6) is 5.75 Å². The molecule has 2 atom stereocenters. The number of phenols is 1. The molecule has 1 fully saturated rings.